The number of fused-ring (bicyclic) bond motifs is 1. The van der Waals surface area contributed by atoms with Crippen LogP contribution in [0.4, 0.5) is 5.95 Å². The van der Waals surface area contributed by atoms with Gasteiger partial charge in [-0.2, -0.15) is 4.98 Å². The highest BCUT2D eigenvalue weighted by atomic mass is 15.4. The molecule has 0 radical (unpaired) electrons. The first kappa shape index (κ1) is 12.8. The van der Waals surface area contributed by atoms with Gasteiger partial charge in [-0.1, -0.05) is 24.3 Å². The summed E-state index contributed by atoms with van der Waals surface area (Å²) in [5.74, 6) is 2.30. The van der Waals surface area contributed by atoms with E-state index < -0.39 is 0 Å². The van der Waals surface area contributed by atoms with E-state index >= 15 is 0 Å². The van der Waals surface area contributed by atoms with Gasteiger partial charge in [-0.25, -0.2) is 0 Å². The van der Waals surface area contributed by atoms with Crippen molar-refractivity contribution in [1.82, 2.24) is 15.2 Å². The summed E-state index contributed by atoms with van der Waals surface area (Å²) in [5.41, 5.74) is 8.90. The number of hydrogen-bond donors (Lipinski definition) is 2. The highest BCUT2D eigenvalue weighted by Crippen LogP contribution is 2.31. The lowest BCUT2D eigenvalue weighted by molar-refractivity contribution is 0.557. The molecule has 1 aliphatic carbocycles. The van der Waals surface area contributed by atoms with E-state index in [0.29, 0.717) is 5.92 Å². The van der Waals surface area contributed by atoms with E-state index in [0.717, 1.165) is 50.5 Å². The minimum absolute atomic E-state index is 0.258. The Bertz CT molecular complexity index is 635. The standard InChI is InChI=1S/C16H21N5/c17-14-7-8-21(10-14)16-18-15(19-20-16)13-6-5-11-3-1-2-4-12(11)9-13/h1-4,13-14H,5-10,17H2,(H,18,19,20). The third-order valence-electron chi connectivity index (χ3n) is 4.73. The van der Waals surface area contributed by atoms with Gasteiger partial charge in [0.05, 0.1) is 0 Å². The number of anilines is 1. The number of nitrogens with zero attached hydrogens (tertiary/aromatic N) is 3. The van der Waals surface area contributed by atoms with Crippen LogP contribution < -0.4 is 10.6 Å². The Morgan fingerprint density at radius 2 is 2.05 bits per heavy atom. The average molecular weight is 283 g/mol. The van der Waals surface area contributed by atoms with Crippen LogP contribution in [0.25, 0.3) is 0 Å². The van der Waals surface area contributed by atoms with Gasteiger partial charge in [0.15, 0.2) is 0 Å². The van der Waals surface area contributed by atoms with Gasteiger partial charge in [0.25, 0.3) is 0 Å². The number of benzene rings is 1. The number of nitrogens with two attached hydrogens (primary N) is 1. The highest BCUT2D eigenvalue weighted by Gasteiger charge is 2.26. The molecular weight excluding hydrogens is 262 g/mol. The normalized spacial score (nSPS) is 25.1. The Hall–Kier alpha value is -1.88. The number of H-pyrrole nitrogens is 1. The van der Waals surface area contributed by atoms with Crippen LogP contribution in [0.1, 0.15) is 35.7 Å². The third-order valence-corrected chi connectivity index (χ3v) is 4.73. The largest absolute Gasteiger partial charge is 0.338 e. The number of aromatic amines is 1. The second-order valence-electron chi connectivity index (χ2n) is 6.22. The predicted octanol–water partition coefficient (Wildman–Crippen LogP) is 1.61. The summed E-state index contributed by atoms with van der Waals surface area (Å²) in [6, 6.07) is 8.98. The fraction of sp³-hybridized carbons (Fsp3) is 0.500. The van der Waals surface area contributed by atoms with Crippen molar-refractivity contribution in [2.45, 2.75) is 37.6 Å². The Kier molecular flexibility index (Phi) is 3.15. The molecule has 0 saturated carbocycles. The zero-order chi connectivity index (χ0) is 14.2. The summed E-state index contributed by atoms with van der Waals surface area (Å²) in [6.07, 6.45) is 4.36. The molecule has 0 bridgehead atoms. The molecule has 110 valence electrons. The lowest BCUT2D eigenvalue weighted by atomic mass is 9.83. The monoisotopic (exact) mass is 283 g/mol. The minimum atomic E-state index is 0.258. The van der Waals surface area contributed by atoms with E-state index in [1.54, 1.807) is 0 Å². The minimum Gasteiger partial charge on any atom is -0.338 e. The van der Waals surface area contributed by atoms with Gasteiger partial charge in [0.2, 0.25) is 5.95 Å². The molecule has 1 aromatic heterocycles. The molecule has 3 N–H and O–H groups in total. The topological polar surface area (TPSA) is 70.8 Å². The van der Waals surface area contributed by atoms with Crippen LogP contribution in [-0.2, 0) is 12.8 Å². The van der Waals surface area contributed by atoms with Gasteiger partial charge in [-0.3, -0.25) is 5.10 Å². The van der Waals surface area contributed by atoms with Crippen molar-refractivity contribution >= 4 is 5.95 Å². The van der Waals surface area contributed by atoms with Crippen LogP contribution in [0.3, 0.4) is 0 Å². The van der Waals surface area contributed by atoms with Gasteiger partial charge < -0.3 is 10.6 Å². The van der Waals surface area contributed by atoms with Crippen molar-refractivity contribution in [1.29, 1.82) is 0 Å². The average Bonchev–Trinajstić information content (AvgIpc) is 3.15. The molecule has 1 aromatic carbocycles. The Labute approximate surface area is 124 Å². The van der Waals surface area contributed by atoms with Crippen LogP contribution in [0, 0.1) is 0 Å². The molecule has 0 spiro atoms. The molecule has 1 aliphatic heterocycles. The zero-order valence-electron chi connectivity index (χ0n) is 12.1. The lowest BCUT2D eigenvalue weighted by Crippen LogP contribution is -2.27. The fourth-order valence-electron chi connectivity index (χ4n) is 3.49. The summed E-state index contributed by atoms with van der Waals surface area (Å²) in [6.45, 7) is 1.83. The quantitative estimate of drug-likeness (QED) is 0.878. The molecule has 21 heavy (non-hydrogen) atoms. The van der Waals surface area contributed by atoms with Gasteiger partial charge in [-0.15, -0.1) is 5.10 Å². The first-order valence-corrected chi connectivity index (χ1v) is 7.79. The van der Waals surface area contributed by atoms with Gasteiger partial charge >= 0.3 is 0 Å². The van der Waals surface area contributed by atoms with Crippen LogP contribution >= 0.6 is 0 Å². The Balaban J connectivity index is 1.52. The fourth-order valence-corrected chi connectivity index (χ4v) is 3.49. The van der Waals surface area contributed by atoms with Crippen LogP contribution in [-0.4, -0.2) is 34.3 Å². The van der Waals surface area contributed by atoms with Crippen LogP contribution in [0.15, 0.2) is 24.3 Å². The number of aromatic nitrogens is 3. The second kappa shape index (κ2) is 5.15. The second-order valence-corrected chi connectivity index (χ2v) is 6.22. The Morgan fingerprint density at radius 1 is 1.19 bits per heavy atom. The molecule has 2 aromatic rings. The first-order chi connectivity index (χ1) is 10.3. The summed E-state index contributed by atoms with van der Waals surface area (Å²) >= 11 is 0. The number of nitrogens with one attached hydrogen (secondary N) is 1. The number of hydrogen-bond acceptors (Lipinski definition) is 4. The van der Waals surface area contributed by atoms with E-state index in [2.05, 4.69) is 39.4 Å². The molecule has 4 rings (SSSR count). The number of aryl methyl sites for hydroxylation is 1. The number of rotatable bonds is 2. The van der Waals surface area contributed by atoms with Gasteiger partial charge in [0.1, 0.15) is 5.82 Å². The summed E-state index contributed by atoms with van der Waals surface area (Å²) in [5, 5.41) is 7.55. The highest BCUT2D eigenvalue weighted by molar-refractivity contribution is 5.34. The van der Waals surface area contributed by atoms with Crippen molar-refractivity contribution < 1.29 is 0 Å². The molecule has 1 saturated heterocycles. The van der Waals surface area contributed by atoms with E-state index in [9.17, 15) is 0 Å². The Morgan fingerprint density at radius 3 is 2.86 bits per heavy atom. The van der Waals surface area contributed by atoms with Gasteiger partial charge in [0, 0.05) is 25.0 Å². The molecule has 0 amide bonds. The van der Waals surface area contributed by atoms with Crippen molar-refractivity contribution in [2.24, 2.45) is 5.73 Å². The third kappa shape index (κ3) is 2.42. The maximum absolute atomic E-state index is 5.96. The molecule has 2 unspecified atom stereocenters. The first-order valence-electron chi connectivity index (χ1n) is 7.79. The van der Waals surface area contributed by atoms with E-state index in [-0.39, 0.29) is 6.04 Å². The molecule has 1 fully saturated rings. The molecule has 2 aliphatic rings. The maximum atomic E-state index is 5.96. The van der Waals surface area contributed by atoms with Crippen molar-refractivity contribution in [3.63, 3.8) is 0 Å². The molecule has 5 heteroatoms. The van der Waals surface area contributed by atoms with Crippen molar-refractivity contribution in [2.75, 3.05) is 18.0 Å². The van der Waals surface area contributed by atoms with E-state index in [1.165, 1.54) is 11.1 Å². The van der Waals surface area contributed by atoms with Gasteiger partial charge in [-0.05, 0) is 36.8 Å². The zero-order valence-corrected chi connectivity index (χ0v) is 12.1. The smallest absolute Gasteiger partial charge is 0.244 e. The predicted molar refractivity (Wildman–Crippen MR) is 82.4 cm³/mol. The molecule has 2 heterocycles. The summed E-state index contributed by atoms with van der Waals surface area (Å²) in [4.78, 5) is 6.91. The molecule has 5 nitrogen and oxygen atoms in total. The van der Waals surface area contributed by atoms with Crippen LogP contribution in [0.2, 0.25) is 0 Å². The summed E-state index contributed by atoms with van der Waals surface area (Å²) < 4.78 is 0. The van der Waals surface area contributed by atoms with Crippen molar-refractivity contribution in [3.05, 3.63) is 41.2 Å². The van der Waals surface area contributed by atoms with E-state index in [1.807, 2.05) is 0 Å². The molecule has 2 atom stereocenters. The van der Waals surface area contributed by atoms with E-state index in [4.69, 9.17) is 10.7 Å². The summed E-state index contributed by atoms with van der Waals surface area (Å²) in [7, 11) is 0. The maximum Gasteiger partial charge on any atom is 0.244 e. The lowest BCUT2D eigenvalue weighted by Gasteiger charge is -2.22. The SMILES string of the molecule is NC1CCN(c2n[nH]c(C3CCc4ccccc4C3)n2)C1. The van der Waals surface area contributed by atoms with Crippen LogP contribution in [0.5, 0.6) is 0 Å². The van der Waals surface area contributed by atoms with Crippen molar-refractivity contribution in [3.8, 4) is 0 Å². The molecular formula is C16H21N5.